The molecule has 1 aromatic rings. The number of benzene rings is 1. The molecule has 2 aliphatic heterocycles. The van der Waals surface area contributed by atoms with Gasteiger partial charge in [0.25, 0.3) is 0 Å². The molecule has 0 spiro atoms. The van der Waals surface area contributed by atoms with Crippen LogP contribution in [0.3, 0.4) is 0 Å². The molecule has 0 radical (unpaired) electrons. The fourth-order valence-corrected chi connectivity index (χ4v) is 3.68. The first-order valence-electron chi connectivity index (χ1n) is 8.39. The molecule has 2 heterocycles. The van der Waals surface area contributed by atoms with Gasteiger partial charge in [0.2, 0.25) is 0 Å². The van der Waals surface area contributed by atoms with E-state index >= 15 is 0 Å². The molecule has 3 nitrogen and oxygen atoms in total. The number of likely N-dealkylation sites (N-methyl/N-ethyl adjacent to an activating group) is 1. The van der Waals surface area contributed by atoms with E-state index in [4.69, 9.17) is 0 Å². The van der Waals surface area contributed by atoms with Crippen LogP contribution in [-0.2, 0) is 12.8 Å². The first-order chi connectivity index (χ1) is 10.1. The Morgan fingerprint density at radius 1 is 1.29 bits per heavy atom. The molecule has 1 N–H and O–H groups in total. The Labute approximate surface area is 129 Å². The van der Waals surface area contributed by atoms with Crippen molar-refractivity contribution in [3.05, 3.63) is 29.3 Å². The van der Waals surface area contributed by atoms with Crippen LogP contribution in [0.15, 0.2) is 18.2 Å². The monoisotopic (exact) mass is 287 g/mol. The summed E-state index contributed by atoms with van der Waals surface area (Å²) >= 11 is 0. The van der Waals surface area contributed by atoms with Crippen LogP contribution in [0.5, 0.6) is 0 Å². The molecule has 0 aromatic heterocycles. The van der Waals surface area contributed by atoms with Gasteiger partial charge in [0.1, 0.15) is 0 Å². The molecular weight excluding hydrogens is 258 g/mol. The number of piperidine rings is 1. The molecule has 1 aromatic carbocycles. The van der Waals surface area contributed by atoms with E-state index in [-0.39, 0.29) is 0 Å². The molecule has 21 heavy (non-hydrogen) atoms. The number of fused-ring (bicyclic) bond motifs is 1. The number of rotatable bonds is 4. The molecular formula is C18H29N3. The second-order valence-corrected chi connectivity index (χ2v) is 7.01. The van der Waals surface area contributed by atoms with E-state index in [2.05, 4.69) is 54.3 Å². The van der Waals surface area contributed by atoms with Crippen molar-refractivity contribution in [1.82, 2.24) is 9.80 Å². The number of likely N-dealkylation sites (tertiary alicyclic amines) is 1. The lowest BCUT2D eigenvalue weighted by Gasteiger charge is -2.35. The van der Waals surface area contributed by atoms with Gasteiger partial charge in [0.05, 0.1) is 0 Å². The zero-order valence-electron chi connectivity index (χ0n) is 13.7. The summed E-state index contributed by atoms with van der Waals surface area (Å²) in [4.78, 5) is 5.01. The topological polar surface area (TPSA) is 18.5 Å². The third-order valence-electron chi connectivity index (χ3n) is 5.16. The van der Waals surface area contributed by atoms with Gasteiger partial charge in [-0.1, -0.05) is 12.1 Å². The van der Waals surface area contributed by atoms with Gasteiger partial charge in [0, 0.05) is 24.3 Å². The third kappa shape index (κ3) is 3.58. The zero-order chi connectivity index (χ0) is 14.8. The van der Waals surface area contributed by atoms with E-state index < -0.39 is 0 Å². The highest BCUT2D eigenvalue weighted by molar-refractivity contribution is 5.57. The van der Waals surface area contributed by atoms with Gasteiger partial charge in [-0.25, -0.2) is 0 Å². The highest BCUT2D eigenvalue weighted by atomic mass is 15.2. The summed E-state index contributed by atoms with van der Waals surface area (Å²) in [5, 5.41) is 3.53. The molecule has 1 atom stereocenters. The molecule has 0 bridgehead atoms. The second kappa shape index (κ2) is 6.37. The lowest BCUT2D eigenvalue weighted by molar-refractivity contribution is 0.145. The molecule has 0 aliphatic carbocycles. The summed E-state index contributed by atoms with van der Waals surface area (Å²) in [5.74, 6) is 0. The lowest BCUT2D eigenvalue weighted by atomic mass is 10.0. The maximum Gasteiger partial charge on any atom is 0.0375 e. The lowest BCUT2D eigenvalue weighted by Crippen LogP contribution is -2.42. The molecule has 3 heteroatoms. The van der Waals surface area contributed by atoms with Gasteiger partial charge in [0.15, 0.2) is 0 Å². The van der Waals surface area contributed by atoms with Crippen molar-refractivity contribution in [1.29, 1.82) is 0 Å². The molecule has 1 unspecified atom stereocenters. The number of nitrogens with zero attached hydrogens (tertiary/aromatic N) is 2. The standard InChI is InChI=1S/C18H29N3/c1-14-12-16-13-15(4-5-18(16)19-14)6-11-21(3)17-7-9-20(2)10-8-17/h4-5,13-14,17,19H,6-12H2,1-3H3. The van der Waals surface area contributed by atoms with Crippen LogP contribution in [0, 0.1) is 0 Å². The minimum absolute atomic E-state index is 0.595. The first kappa shape index (κ1) is 14.9. The SMILES string of the molecule is CC1Cc2cc(CCN(C)C3CCN(C)CC3)ccc2N1. The summed E-state index contributed by atoms with van der Waals surface area (Å²) in [6, 6.07) is 8.35. The zero-order valence-corrected chi connectivity index (χ0v) is 13.7. The molecule has 2 aliphatic rings. The Balaban J connectivity index is 1.52. The average Bonchev–Trinajstić information content (AvgIpc) is 2.84. The van der Waals surface area contributed by atoms with Crippen LogP contribution < -0.4 is 5.32 Å². The molecule has 3 rings (SSSR count). The van der Waals surface area contributed by atoms with Gasteiger partial charge >= 0.3 is 0 Å². The molecule has 0 saturated carbocycles. The Bertz CT molecular complexity index is 477. The van der Waals surface area contributed by atoms with Gasteiger partial charge in [-0.3, -0.25) is 0 Å². The number of hydrogen-bond donors (Lipinski definition) is 1. The summed E-state index contributed by atoms with van der Waals surface area (Å²) in [5.41, 5.74) is 4.33. The maximum atomic E-state index is 3.53. The van der Waals surface area contributed by atoms with E-state index in [0.29, 0.717) is 6.04 Å². The second-order valence-electron chi connectivity index (χ2n) is 7.01. The summed E-state index contributed by atoms with van der Waals surface area (Å²) < 4.78 is 0. The quantitative estimate of drug-likeness (QED) is 0.918. The van der Waals surface area contributed by atoms with Crippen LogP contribution in [0.2, 0.25) is 0 Å². The Morgan fingerprint density at radius 3 is 2.81 bits per heavy atom. The van der Waals surface area contributed by atoms with Gasteiger partial charge < -0.3 is 15.1 Å². The Kier molecular flexibility index (Phi) is 4.51. The van der Waals surface area contributed by atoms with Crippen LogP contribution in [-0.4, -0.2) is 55.6 Å². The number of hydrogen-bond acceptors (Lipinski definition) is 3. The summed E-state index contributed by atoms with van der Waals surface area (Å²) in [7, 11) is 4.53. The highest BCUT2D eigenvalue weighted by Gasteiger charge is 2.20. The van der Waals surface area contributed by atoms with E-state index in [1.165, 1.54) is 62.1 Å². The summed E-state index contributed by atoms with van der Waals surface area (Å²) in [6.07, 6.45) is 4.98. The molecule has 0 amide bonds. The first-order valence-corrected chi connectivity index (χ1v) is 8.39. The average molecular weight is 287 g/mol. The predicted molar refractivity (Wildman–Crippen MR) is 90.1 cm³/mol. The minimum Gasteiger partial charge on any atom is -0.382 e. The summed E-state index contributed by atoms with van der Waals surface area (Å²) in [6.45, 7) is 5.93. The van der Waals surface area contributed by atoms with Crippen LogP contribution in [0.1, 0.15) is 30.9 Å². The van der Waals surface area contributed by atoms with Gasteiger partial charge in [-0.05, 0) is 77.0 Å². The highest BCUT2D eigenvalue weighted by Crippen LogP contribution is 2.26. The van der Waals surface area contributed by atoms with E-state index in [0.717, 1.165) is 6.04 Å². The normalized spacial score (nSPS) is 23.3. The molecule has 1 fully saturated rings. The largest absolute Gasteiger partial charge is 0.382 e. The number of nitrogens with one attached hydrogen (secondary N) is 1. The van der Waals surface area contributed by atoms with Crippen LogP contribution in [0.25, 0.3) is 0 Å². The van der Waals surface area contributed by atoms with E-state index in [1.807, 2.05) is 0 Å². The third-order valence-corrected chi connectivity index (χ3v) is 5.16. The minimum atomic E-state index is 0.595. The van der Waals surface area contributed by atoms with Crippen LogP contribution in [0.4, 0.5) is 5.69 Å². The van der Waals surface area contributed by atoms with E-state index in [9.17, 15) is 0 Å². The number of anilines is 1. The Morgan fingerprint density at radius 2 is 2.05 bits per heavy atom. The van der Waals surface area contributed by atoms with Crippen molar-refractivity contribution < 1.29 is 0 Å². The Hall–Kier alpha value is -1.06. The van der Waals surface area contributed by atoms with Crippen molar-refractivity contribution in [2.75, 3.05) is 39.0 Å². The predicted octanol–water partition coefficient (Wildman–Crippen LogP) is 2.61. The smallest absolute Gasteiger partial charge is 0.0375 e. The van der Waals surface area contributed by atoms with Gasteiger partial charge in [-0.15, -0.1) is 0 Å². The van der Waals surface area contributed by atoms with Crippen molar-refractivity contribution in [2.24, 2.45) is 0 Å². The molecule has 1 saturated heterocycles. The van der Waals surface area contributed by atoms with E-state index in [1.54, 1.807) is 0 Å². The molecule has 116 valence electrons. The van der Waals surface area contributed by atoms with Crippen LogP contribution >= 0.6 is 0 Å². The van der Waals surface area contributed by atoms with Gasteiger partial charge in [-0.2, -0.15) is 0 Å². The van der Waals surface area contributed by atoms with Crippen molar-refractivity contribution in [3.63, 3.8) is 0 Å². The fourth-order valence-electron chi connectivity index (χ4n) is 3.68. The van der Waals surface area contributed by atoms with Crippen molar-refractivity contribution in [2.45, 2.75) is 44.7 Å². The van der Waals surface area contributed by atoms with Crippen molar-refractivity contribution in [3.8, 4) is 0 Å². The van der Waals surface area contributed by atoms with Crippen molar-refractivity contribution >= 4 is 5.69 Å². The fraction of sp³-hybridized carbons (Fsp3) is 0.667. The maximum absolute atomic E-state index is 3.53.